The number of hydrogen-bond acceptors (Lipinski definition) is 3. The highest BCUT2D eigenvalue weighted by Crippen LogP contribution is 2.16. The Morgan fingerprint density at radius 1 is 1.35 bits per heavy atom. The van der Waals surface area contributed by atoms with Crippen LogP contribution in [0.2, 0.25) is 0 Å². The Labute approximate surface area is 140 Å². The lowest BCUT2D eigenvalue weighted by Gasteiger charge is -2.22. The first-order valence-corrected chi connectivity index (χ1v) is 8.76. The molecule has 1 aliphatic rings. The highest BCUT2D eigenvalue weighted by atomic mass is 16.5. The topological polar surface area (TPSA) is 55.6 Å². The van der Waals surface area contributed by atoms with Crippen molar-refractivity contribution in [2.75, 3.05) is 19.7 Å². The molecule has 4 heteroatoms. The van der Waals surface area contributed by atoms with E-state index >= 15 is 0 Å². The van der Waals surface area contributed by atoms with Gasteiger partial charge in [0.25, 0.3) is 0 Å². The average molecular weight is 318 g/mol. The molecule has 2 rings (SSSR count). The Balaban J connectivity index is 1.64. The van der Waals surface area contributed by atoms with Gasteiger partial charge in [0.2, 0.25) is 5.91 Å². The summed E-state index contributed by atoms with van der Waals surface area (Å²) in [5.41, 5.74) is 7.34. The van der Waals surface area contributed by atoms with Gasteiger partial charge in [-0.15, -0.1) is 0 Å². The molecule has 2 N–H and O–H groups in total. The summed E-state index contributed by atoms with van der Waals surface area (Å²) in [6.45, 7) is 6.40. The summed E-state index contributed by atoms with van der Waals surface area (Å²) >= 11 is 0. The summed E-state index contributed by atoms with van der Waals surface area (Å²) in [5, 5.41) is 0. The Morgan fingerprint density at radius 2 is 2.09 bits per heavy atom. The van der Waals surface area contributed by atoms with Gasteiger partial charge in [-0.25, -0.2) is 0 Å². The predicted octanol–water partition coefficient (Wildman–Crippen LogP) is 2.61. The molecule has 0 aliphatic carbocycles. The zero-order valence-electron chi connectivity index (χ0n) is 14.4. The number of aryl methyl sites for hydroxylation is 1. The number of ether oxygens (including phenoxy) is 1. The van der Waals surface area contributed by atoms with Crippen molar-refractivity contribution in [1.29, 1.82) is 0 Å². The molecule has 1 aliphatic heterocycles. The maximum absolute atomic E-state index is 12.3. The maximum Gasteiger partial charge on any atom is 0.239 e. The van der Waals surface area contributed by atoms with Crippen molar-refractivity contribution in [2.24, 2.45) is 11.7 Å². The number of benzene rings is 1. The van der Waals surface area contributed by atoms with Crippen LogP contribution in [0, 0.1) is 5.92 Å². The van der Waals surface area contributed by atoms with Crippen LogP contribution in [0.15, 0.2) is 30.3 Å². The van der Waals surface area contributed by atoms with Gasteiger partial charge in [-0.3, -0.25) is 4.79 Å². The molecular formula is C19H30N2O2. The van der Waals surface area contributed by atoms with Crippen molar-refractivity contribution in [3.63, 3.8) is 0 Å². The van der Waals surface area contributed by atoms with Crippen molar-refractivity contribution < 1.29 is 9.53 Å². The largest absolute Gasteiger partial charge is 0.376 e. The molecule has 1 heterocycles. The van der Waals surface area contributed by atoms with Gasteiger partial charge in [-0.05, 0) is 37.2 Å². The number of hydrogen-bond donors (Lipinski definition) is 1. The van der Waals surface area contributed by atoms with Gasteiger partial charge in [-0.2, -0.15) is 0 Å². The van der Waals surface area contributed by atoms with Crippen molar-refractivity contribution in [3.8, 4) is 0 Å². The highest BCUT2D eigenvalue weighted by Gasteiger charge is 2.29. The smallest absolute Gasteiger partial charge is 0.239 e. The van der Waals surface area contributed by atoms with Crippen molar-refractivity contribution in [3.05, 3.63) is 35.9 Å². The van der Waals surface area contributed by atoms with E-state index in [-0.39, 0.29) is 18.1 Å². The fourth-order valence-electron chi connectivity index (χ4n) is 3.08. The minimum atomic E-state index is -0.369. The highest BCUT2D eigenvalue weighted by molar-refractivity contribution is 5.81. The number of likely N-dealkylation sites (tertiary alicyclic amines) is 1. The zero-order valence-corrected chi connectivity index (χ0v) is 14.4. The third-order valence-electron chi connectivity index (χ3n) is 4.31. The summed E-state index contributed by atoms with van der Waals surface area (Å²) < 4.78 is 5.93. The molecule has 1 unspecified atom stereocenters. The average Bonchev–Trinajstić information content (AvgIpc) is 3.00. The Bertz CT molecular complexity index is 476. The van der Waals surface area contributed by atoms with E-state index in [0.29, 0.717) is 12.5 Å². The first kappa shape index (κ1) is 18.0. The lowest BCUT2D eigenvalue weighted by atomic mass is 10.0. The molecule has 4 nitrogen and oxygen atoms in total. The normalized spacial score (nSPS) is 19.3. The van der Waals surface area contributed by atoms with Crippen LogP contribution in [0.3, 0.4) is 0 Å². The van der Waals surface area contributed by atoms with E-state index < -0.39 is 0 Å². The molecule has 1 amide bonds. The number of nitrogens with zero attached hydrogens (tertiary/aromatic N) is 1. The Hall–Kier alpha value is -1.39. The lowest BCUT2D eigenvalue weighted by Crippen LogP contribution is -2.43. The first-order valence-electron chi connectivity index (χ1n) is 8.76. The van der Waals surface area contributed by atoms with Crippen LogP contribution in [0.5, 0.6) is 0 Å². The third-order valence-corrected chi connectivity index (χ3v) is 4.31. The zero-order chi connectivity index (χ0) is 16.7. The summed E-state index contributed by atoms with van der Waals surface area (Å²) in [6.07, 6.45) is 3.89. The Kier molecular flexibility index (Phi) is 7.06. The number of amides is 1. The molecule has 1 aromatic carbocycles. The summed E-state index contributed by atoms with van der Waals surface area (Å²) in [5.74, 6) is 0.524. The van der Waals surface area contributed by atoms with Gasteiger partial charge in [0.15, 0.2) is 0 Å². The van der Waals surface area contributed by atoms with E-state index in [0.717, 1.165) is 38.8 Å². The van der Waals surface area contributed by atoms with Crippen molar-refractivity contribution in [1.82, 2.24) is 4.90 Å². The van der Waals surface area contributed by atoms with Crippen LogP contribution in [0.1, 0.15) is 38.7 Å². The molecule has 0 aromatic heterocycles. The number of rotatable bonds is 8. The molecule has 0 radical (unpaired) electrons. The third kappa shape index (κ3) is 5.96. The van der Waals surface area contributed by atoms with Crippen LogP contribution < -0.4 is 5.73 Å². The van der Waals surface area contributed by atoms with E-state index in [1.807, 2.05) is 11.0 Å². The Morgan fingerprint density at radius 3 is 2.78 bits per heavy atom. The number of carbonyl (C=O) groups is 1. The van der Waals surface area contributed by atoms with E-state index in [1.54, 1.807) is 0 Å². The first-order chi connectivity index (χ1) is 11.1. The second-order valence-corrected chi connectivity index (χ2v) is 6.89. The van der Waals surface area contributed by atoms with E-state index in [4.69, 9.17) is 10.5 Å². The van der Waals surface area contributed by atoms with E-state index in [2.05, 4.69) is 38.1 Å². The standard InChI is InChI=1S/C19H30N2O2/c1-15(2)13-18(20)19(22)21-11-10-17(14-21)23-12-6-9-16-7-4-3-5-8-16/h3-5,7-8,15,17-18H,6,9-14,20H2,1-2H3/t17?,18-/m0/s1. The van der Waals surface area contributed by atoms with Crippen LogP contribution in [-0.4, -0.2) is 42.6 Å². The maximum atomic E-state index is 12.3. The van der Waals surface area contributed by atoms with E-state index in [1.165, 1.54) is 5.56 Å². The van der Waals surface area contributed by atoms with Crippen LogP contribution in [0.4, 0.5) is 0 Å². The molecule has 1 aromatic rings. The SMILES string of the molecule is CC(C)C[C@H](N)C(=O)N1CCC(OCCCc2ccccc2)C1. The van der Waals surface area contributed by atoms with Crippen LogP contribution >= 0.6 is 0 Å². The van der Waals surface area contributed by atoms with Crippen LogP contribution in [0.25, 0.3) is 0 Å². The molecular weight excluding hydrogens is 288 g/mol. The summed E-state index contributed by atoms with van der Waals surface area (Å²) in [6, 6.07) is 10.1. The molecule has 1 saturated heterocycles. The minimum Gasteiger partial charge on any atom is -0.376 e. The lowest BCUT2D eigenvalue weighted by molar-refractivity contribution is -0.132. The number of carbonyl (C=O) groups excluding carboxylic acids is 1. The van der Waals surface area contributed by atoms with Gasteiger partial charge >= 0.3 is 0 Å². The molecule has 1 fully saturated rings. The fraction of sp³-hybridized carbons (Fsp3) is 0.632. The quantitative estimate of drug-likeness (QED) is 0.750. The number of nitrogens with two attached hydrogens (primary N) is 1. The minimum absolute atomic E-state index is 0.0779. The van der Waals surface area contributed by atoms with Crippen molar-refractivity contribution >= 4 is 5.91 Å². The fourth-order valence-corrected chi connectivity index (χ4v) is 3.08. The molecule has 0 bridgehead atoms. The molecule has 0 spiro atoms. The van der Waals surface area contributed by atoms with Gasteiger partial charge < -0.3 is 15.4 Å². The molecule has 128 valence electrons. The van der Waals surface area contributed by atoms with E-state index in [9.17, 15) is 4.79 Å². The second-order valence-electron chi connectivity index (χ2n) is 6.89. The van der Waals surface area contributed by atoms with Crippen molar-refractivity contribution in [2.45, 2.75) is 51.7 Å². The van der Waals surface area contributed by atoms with Gasteiger partial charge in [0, 0.05) is 19.7 Å². The summed E-state index contributed by atoms with van der Waals surface area (Å²) in [4.78, 5) is 14.2. The summed E-state index contributed by atoms with van der Waals surface area (Å²) in [7, 11) is 0. The van der Waals surface area contributed by atoms with Crippen LogP contribution in [-0.2, 0) is 16.0 Å². The second kappa shape index (κ2) is 9.04. The van der Waals surface area contributed by atoms with Gasteiger partial charge in [0.1, 0.15) is 0 Å². The van der Waals surface area contributed by atoms with Gasteiger partial charge in [-0.1, -0.05) is 44.2 Å². The molecule has 0 saturated carbocycles. The van der Waals surface area contributed by atoms with Gasteiger partial charge in [0.05, 0.1) is 12.1 Å². The molecule has 2 atom stereocenters. The predicted molar refractivity (Wildman–Crippen MR) is 93.1 cm³/mol. The monoisotopic (exact) mass is 318 g/mol. The molecule has 23 heavy (non-hydrogen) atoms.